The van der Waals surface area contributed by atoms with Crippen molar-refractivity contribution in [1.29, 1.82) is 5.41 Å². The van der Waals surface area contributed by atoms with E-state index in [2.05, 4.69) is 37.4 Å². The molecule has 0 spiro atoms. The van der Waals surface area contributed by atoms with Gasteiger partial charge >= 0.3 is 17.9 Å². The van der Waals surface area contributed by atoms with Gasteiger partial charge in [0, 0.05) is 18.9 Å². The fourth-order valence-electron chi connectivity index (χ4n) is 6.07. The number of fused-ring (bicyclic) bond motifs is 1. The Morgan fingerprint density at radius 3 is 2.63 bits per heavy atom. The Morgan fingerprint density at radius 1 is 1.22 bits per heavy atom. The highest BCUT2D eigenvalue weighted by molar-refractivity contribution is 5.77. The van der Waals surface area contributed by atoms with Gasteiger partial charge in [-0.15, -0.1) is 0 Å². The number of carbonyl (C=O) groups is 3. The van der Waals surface area contributed by atoms with Crippen LogP contribution in [0, 0.1) is 34.5 Å². The molecule has 0 aromatic heterocycles. The van der Waals surface area contributed by atoms with Crippen molar-refractivity contribution in [3.8, 4) is 0 Å². The van der Waals surface area contributed by atoms with Gasteiger partial charge in [0.25, 0.3) is 0 Å². The smallest absolute Gasteiger partial charge is 0.323 e. The number of ether oxygens (including phenoxy) is 3. The van der Waals surface area contributed by atoms with Crippen LogP contribution in [0.4, 0.5) is 0 Å². The number of rotatable bonds is 12. The van der Waals surface area contributed by atoms with Crippen LogP contribution in [-0.2, 0) is 28.6 Å². The Morgan fingerprint density at radius 2 is 1.95 bits per heavy atom. The van der Waals surface area contributed by atoms with Crippen LogP contribution < -0.4 is 16.8 Å². The molecule has 0 aromatic carbocycles. The Bertz CT molecular complexity index is 1020. The predicted molar refractivity (Wildman–Crippen MR) is 156 cm³/mol. The molecule has 1 fully saturated rings. The summed E-state index contributed by atoms with van der Waals surface area (Å²) in [6.07, 6.45) is 9.87. The van der Waals surface area contributed by atoms with Crippen LogP contribution in [0.5, 0.6) is 0 Å². The monoisotopic (exact) mass is 574 g/mol. The Kier molecular flexibility index (Phi) is 11.4. The largest absolute Gasteiger partial charge is 0.462 e. The highest BCUT2D eigenvalue weighted by atomic mass is 16.6. The summed E-state index contributed by atoms with van der Waals surface area (Å²) in [4.78, 5) is 38.0. The van der Waals surface area contributed by atoms with Crippen LogP contribution in [0.3, 0.4) is 0 Å². The second kappa shape index (κ2) is 14.3. The molecule has 3 rings (SSSR count). The molecule has 0 bridgehead atoms. The highest BCUT2D eigenvalue weighted by Gasteiger charge is 2.43. The molecule has 0 amide bonds. The van der Waals surface area contributed by atoms with E-state index in [0.29, 0.717) is 44.6 Å². The summed E-state index contributed by atoms with van der Waals surface area (Å²) in [5.41, 5.74) is 11.9. The molecular formula is C31H50N4O6. The fraction of sp³-hybridized carbons (Fsp3) is 0.742. The van der Waals surface area contributed by atoms with Crippen LogP contribution in [-0.4, -0.2) is 54.8 Å². The molecule has 41 heavy (non-hydrogen) atoms. The quantitative estimate of drug-likeness (QED) is 0.0893. The van der Waals surface area contributed by atoms with Crippen LogP contribution in [0.15, 0.2) is 23.8 Å². The molecule has 0 saturated carbocycles. The van der Waals surface area contributed by atoms with Gasteiger partial charge in [-0.25, -0.2) is 0 Å². The summed E-state index contributed by atoms with van der Waals surface area (Å²) >= 11 is 0. The average molecular weight is 575 g/mol. The molecule has 1 aliphatic heterocycles. The first-order chi connectivity index (χ1) is 19.3. The van der Waals surface area contributed by atoms with E-state index in [-0.39, 0.29) is 54.3 Å². The first-order valence-corrected chi connectivity index (χ1v) is 15.1. The highest BCUT2D eigenvalue weighted by Crippen LogP contribution is 2.45. The van der Waals surface area contributed by atoms with Gasteiger partial charge in [-0.3, -0.25) is 19.8 Å². The lowest BCUT2D eigenvalue weighted by Gasteiger charge is -2.44. The normalized spacial score (nSPS) is 30.3. The van der Waals surface area contributed by atoms with E-state index in [9.17, 15) is 14.4 Å². The minimum absolute atomic E-state index is 0.0159. The number of hydrogen-bond donors (Lipinski definition) is 4. The molecule has 3 aliphatic rings. The zero-order valence-corrected chi connectivity index (χ0v) is 25.3. The van der Waals surface area contributed by atoms with Gasteiger partial charge in [0.1, 0.15) is 24.4 Å². The van der Waals surface area contributed by atoms with E-state index < -0.39 is 23.5 Å². The first kappa shape index (κ1) is 32.6. The number of hydrogen-bond acceptors (Lipinski definition) is 8. The standard InChI is InChI=1S/C31H50N4O6/c1-6-31(4,5)29(38)41-25-15-18(2)14-20-10-9-19(3)23(27(20)25)12-11-21-16-22(17-26(36)39-21)40-28(37)24(32)8-7-13-35-30(33)34/h9-10,14,18-19,21-25,27H,6-8,11-13,15-17,32H2,1-5H3,(H4,33,34,35)/t18-,19-,21-,22+,23-,24+,25-,27-/m1/s1. The van der Waals surface area contributed by atoms with Gasteiger partial charge in [0.2, 0.25) is 0 Å². The maximum Gasteiger partial charge on any atom is 0.323 e. The number of carbonyl (C=O) groups excluding carboxylic acids is 3. The van der Waals surface area contributed by atoms with E-state index in [1.807, 2.05) is 20.8 Å². The van der Waals surface area contributed by atoms with Crippen molar-refractivity contribution in [3.63, 3.8) is 0 Å². The second-order valence-electron chi connectivity index (χ2n) is 12.7. The SMILES string of the molecule is CCC(C)(C)C(=O)O[C@@H]1C[C@H](C)C=C2C=C[C@@H](C)[C@@H](CC[C@@H]3C[C@H](OC(=O)[C@@H](N)CCCNC(=N)N)CC(=O)O3)[C@@H]21. The number of nitrogens with two attached hydrogens (primary N) is 2. The molecule has 0 radical (unpaired) electrons. The van der Waals surface area contributed by atoms with Crippen molar-refractivity contribution in [3.05, 3.63) is 23.8 Å². The number of nitrogens with one attached hydrogen (secondary N) is 2. The Labute approximate surface area is 244 Å². The maximum atomic E-state index is 13.1. The van der Waals surface area contributed by atoms with E-state index in [1.165, 1.54) is 5.57 Å². The maximum absolute atomic E-state index is 13.1. The zero-order chi connectivity index (χ0) is 30.3. The van der Waals surface area contributed by atoms with E-state index in [0.717, 1.165) is 12.8 Å². The van der Waals surface area contributed by atoms with Crippen LogP contribution in [0.25, 0.3) is 0 Å². The third-order valence-corrected chi connectivity index (χ3v) is 8.92. The van der Waals surface area contributed by atoms with Crippen molar-refractivity contribution in [2.45, 2.75) is 110 Å². The van der Waals surface area contributed by atoms with Gasteiger partial charge in [0.05, 0.1) is 11.8 Å². The van der Waals surface area contributed by atoms with Crippen LogP contribution in [0.2, 0.25) is 0 Å². The molecule has 8 atom stereocenters. The van der Waals surface area contributed by atoms with Gasteiger partial charge < -0.3 is 31.0 Å². The van der Waals surface area contributed by atoms with E-state index in [4.69, 9.17) is 31.1 Å². The number of cyclic esters (lactones) is 1. The topological polar surface area (TPSA) is 167 Å². The minimum atomic E-state index is -0.814. The van der Waals surface area contributed by atoms with Crippen LogP contribution in [0.1, 0.15) is 86.0 Å². The van der Waals surface area contributed by atoms with Gasteiger partial charge in [-0.2, -0.15) is 0 Å². The molecule has 1 saturated heterocycles. The average Bonchev–Trinajstić information content (AvgIpc) is 2.90. The lowest BCUT2D eigenvalue weighted by atomic mass is 9.65. The third kappa shape index (κ3) is 9.05. The van der Waals surface area contributed by atoms with Crippen LogP contribution >= 0.6 is 0 Å². The molecule has 10 nitrogen and oxygen atoms in total. The molecule has 6 N–H and O–H groups in total. The molecule has 230 valence electrons. The number of guanidine groups is 1. The second-order valence-corrected chi connectivity index (χ2v) is 12.7. The molecule has 0 aromatic rings. The van der Waals surface area contributed by atoms with Crippen molar-refractivity contribution in [2.24, 2.45) is 40.6 Å². The zero-order valence-electron chi connectivity index (χ0n) is 25.3. The lowest BCUT2D eigenvalue weighted by molar-refractivity contribution is -0.171. The number of allylic oxidation sites excluding steroid dienone is 3. The molecular weight excluding hydrogens is 524 g/mol. The summed E-state index contributed by atoms with van der Waals surface area (Å²) in [5, 5.41) is 9.85. The van der Waals surface area contributed by atoms with Crippen molar-refractivity contribution >= 4 is 23.9 Å². The molecule has 2 aliphatic carbocycles. The third-order valence-electron chi connectivity index (χ3n) is 8.92. The fourth-order valence-corrected chi connectivity index (χ4v) is 6.07. The van der Waals surface area contributed by atoms with Gasteiger partial charge in [-0.05, 0) is 75.7 Å². The first-order valence-electron chi connectivity index (χ1n) is 15.1. The Balaban J connectivity index is 1.61. The van der Waals surface area contributed by atoms with Crippen molar-refractivity contribution in [2.75, 3.05) is 6.54 Å². The summed E-state index contributed by atoms with van der Waals surface area (Å²) < 4.78 is 17.5. The summed E-state index contributed by atoms with van der Waals surface area (Å²) in [5.74, 6) is -0.305. The lowest BCUT2D eigenvalue weighted by Crippen LogP contribution is -2.43. The molecule has 1 heterocycles. The Hall–Kier alpha value is -2.88. The molecule has 10 heteroatoms. The van der Waals surface area contributed by atoms with Crippen molar-refractivity contribution in [1.82, 2.24) is 5.32 Å². The van der Waals surface area contributed by atoms with Crippen molar-refractivity contribution < 1.29 is 28.6 Å². The minimum Gasteiger partial charge on any atom is -0.462 e. The van der Waals surface area contributed by atoms with Gasteiger partial charge in [0.15, 0.2) is 5.96 Å². The number of esters is 3. The summed E-state index contributed by atoms with van der Waals surface area (Å²) in [6, 6.07) is -0.814. The molecule has 0 unspecified atom stereocenters. The predicted octanol–water partition coefficient (Wildman–Crippen LogP) is 3.73. The van der Waals surface area contributed by atoms with E-state index >= 15 is 0 Å². The van der Waals surface area contributed by atoms with E-state index in [1.54, 1.807) is 0 Å². The van der Waals surface area contributed by atoms with Gasteiger partial charge in [-0.1, -0.05) is 39.0 Å². The summed E-state index contributed by atoms with van der Waals surface area (Å²) in [7, 11) is 0. The summed E-state index contributed by atoms with van der Waals surface area (Å²) in [6.45, 7) is 10.7.